The predicted octanol–water partition coefficient (Wildman–Crippen LogP) is 0.404. The first-order valence-electron chi connectivity index (χ1n) is 3.81. The van der Waals surface area contributed by atoms with Crippen LogP contribution in [0.3, 0.4) is 0 Å². The van der Waals surface area contributed by atoms with Crippen LogP contribution < -0.4 is 5.32 Å². The van der Waals surface area contributed by atoms with Crippen LogP contribution in [-0.4, -0.2) is 37.8 Å². The average Bonchev–Trinajstić information content (AvgIpc) is 1.90. The van der Waals surface area contributed by atoms with Gasteiger partial charge in [0, 0.05) is 13.0 Å². The van der Waals surface area contributed by atoms with Gasteiger partial charge in [0.2, 0.25) is 0 Å². The molecular formula is C7H17N2+. The third-order valence-corrected chi connectivity index (χ3v) is 2.31. The van der Waals surface area contributed by atoms with E-state index < -0.39 is 0 Å². The van der Waals surface area contributed by atoms with E-state index in [-0.39, 0.29) is 0 Å². The number of nitrogens with one attached hydrogen (secondary N) is 1. The van der Waals surface area contributed by atoms with Crippen LogP contribution in [0.4, 0.5) is 0 Å². The molecule has 2 nitrogen and oxygen atoms in total. The van der Waals surface area contributed by atoms with Crippen LogP contribution in [0, 0.1) is 0 Å². The molecule has 1 rings (SSSR count). The molecule has 2 heteroatoms. The minimum atomic E-state index is 1.16. The molecule has 0 radical (unpaired) electrons. The zero-order valence-corrected chi connectivity index (χ0v) is 6.48. The molecule has 1 aliphatic rings. The van der Waals surface area contributed by atoms with Crippen molar-refractivity contribution in [1.82, 2.24) is 5.32 Å². The molecule has 1 aliphatic heterocycles. The van der Waals surface area contributed by atoms with Crippen molar-refractivity contribution in [3.05, 3.63) is 0 Å². The largest absolute Gasteiger partial charge is 0.314 e. The van der Waals surface area contributed by atoms with Gasteiger partial charge < -0.3 is 4.48 Å². The lowest BCUT2D eigenvalue weighted by molar-refractivity contribution is -0.914. The number of quaternary nitrogens is 1. The molecule has 1 heterocycles. The van der Waals surface area contributed by atoms with E-state index in [1.165, 1.54) is 30.5 Å². The standard InChI is InChI=1S/C7H17N2/c1-3-9(2)6-4-5-8-7-9/h8H,3-7H2,1-2H3/q+1. The highest BCUT2D eigenvalue weighted by Crippen LogP contribution is 2.04. The first-order chi connectivity index (χ1) is 4.27. The second kappa shape index (κ2) is 2.67. The Morgan fingerprint density at radius 1 is 1.56 bits per heavy atom. The quantitative estimate of drug-likeness (QED) is 0.505. The lowest BCUT2D eigenvalue weighted by Crippen LogP contribution is -2.54. The van der Waals surface area contributed by atoms with Crippen LogP contribution in [-0.2, 0) is 0 Å². The van der Waals surface area contributed by atoms with E-state index in [4.69, 9.17) is 0 Å². The van der Waals surface area contributed by atoms with Gasteiger partial charge in [-0.05, 0) is 6.92 Å². The number of hydrogen-bond acceptors (Lipinski definition) is 1. The van der Waals surface area contributed by atoms with Crippen molar-refractivity contribution in [2.45, 2.75) is 13.3 Å². The Hall–Kier alpha value is -0.0800. The minimum absolute atomic E-state index is 1.16. The van der Waals surface area contributed by atoms with Crippen molar-refractivity contribution >= 4 is 0 Å². The van der Waals surface area contributed by atoms with Gasteiger partial charge in [-0.3, -0.25) is 5.32 Å². The smallest absolute Gasteiger partial charge is 0.132 e. The molecule has 1 N–H and O–H groups in total. The molecular weight excluding hydrogens is 112 g/mol. The summed E-state index contributed by atoms with van der Waals surface area (Å²) in [5, 5.41) is 3.40. The zero-order valence-electron chi connectivity index (χ0n) is 6.48. The molecule has 1 unspecified atom stereocenters. The summed E-state index contributed by atoms with van der Waals surface area (Å²) in [7, 11) is 2.31. The number of nitrogens with zero attached hydrogens (tertiary/aromatic N) is 1. The fourth-order valence-corrected chi connectivity index (χ4v) is 1.28. The Kier molecular flexibility index (Phi) is 2.09. The van der Waals surface area contributed by atoms with Crippen molar-refractivity contribution in [3.63, 3.8) is 0 Å². The summed E-state index contributed by atoms with van der Waals surface area (Å²) in [6, 6.07) is 0. The Morgan fingerprint density at radius 2 is 2.33 bits per heavy atom. The van der Waals surface area contributed by atoms with Crippen molar-refractivity contribution in [2.24, 2.45) is 0 Å². The summed E-state index contributed by atoms with van der Waals surface area (Å²) in [5.41, 5.74) is 0. The Labute approximate surface area is 57.4 Å². The third-order valence-electron chi connectivity index (χ3n) is 2.31. The maximum Gasteiger partial charge on any atom is 0.132 e. The summed E-state index contributed by atoms with van der Waals surface area (Å²) in [4.78, 5) is 0. The summed E-state index contributed by atoms with van der Waals surface area (Å²) < 4.78 is 1.21. The maximum atomic E-state index is 3.40. The molecule has 0 aromatic heterocycles. The first-order valence-corrected chi connectivity index (χ1v) is 3.81. The highest BCUT2D eigenvalue weighted by Gasteiger charge is 2.20. The molecule has 0 aromatic rings. The second-order valence-electron chi connectivity index (χ2n) is 3.17. The van der Waals surface area contributed by atoms with Crippen LogP contribution in [0.15, 0.2) is 0 Å². The Morgan fingerprint density at radius 3 is 2.67 bits per heavy atom. The summed E-state index contributed by atoms with van der Waals surface area (Å²) in [6.07, 6.45) is 1.34. The number of hydrogen-bond donors (Lipinski definition) is 1. The van der Waals surface area contributed by atoms with Crippen LogP contribution in [0.1, 0.15) is 13.3 Å². The van der Waals surface area contributed by atoms with E-state index in [1.807, 2.05) is 0 Å². The fourth-order valence-electron chi connectivity index (χ4n) is 1.28. The van der Waals surface area contributed by atoms with Gasteiger partial charge in [-0.25, -0.2) is 0 Å². The molecule has 1 fully saturated rings. The molecule has 1 saturated heterocycles. The molecule has 0 bridgehead atoms. The first kappa shape index (κ1) is 7.03. The Bertz CT molecular complexity index is 84.9. The van der Waals surface area contributed by atoms with E-state index in [2.05, 4.69) is 19.3 Å². The summed E-state index contributed by atoms with van der Waals surface area (Å²) in [6.45, 7) is 7.24. The van der Waals surface area contributed by atoms with Gasteiger partial charge in [-0.15, -0.1) is 0 Å². The monoisotopic (exact) mass is 129 g/mol. The topological polar surface area (TPSA) is 12.0 Å². The van der Waals surface area contributed by atoms with Crippen molar-refractivity contribution in [1.29, 1.82) is 0 Å². The van der Waals surface area contributed by atoms with E-state index in [9.17, 15) is 0 Å². The maximum absolute atomic E-state index is 3.40. The van der Waals surface area contributed by atoms with Gasteiger partial charge in [-0.1, -0.05) is 0 Å². The van der Waals surface area contributed by atoms with Gasteiger partial charge in [0.25, 0.3) is 0 Å². The second-order valence-corrected chi connectivity index (χ2v) is 3.17. The van der Waals surface area contributed by atoms with E-state index in [1.54, 1.807) is 0 Å². The lowest BCUT2D eigenvalue weighted by atomic mass is 10.3. The van der Waals surface area contributed by atoms with Crippen molar-refractivity contribution < 1.29 is 4.48 Å². The fraction of sp³-hybridized carbons (Fsp3) is 1.00. The summed E-state index contributed by atoms with van der Waals surface area (Å²) >= 11 is 0. The molecule has 0 spiro atoms. The van der Waals surface area contributed by atoms with E-state index in [0.29, 0.717) is 0 Å². The van der Waals surface area contributed by atoms with E-state index >= 15 is 0 Å². The molecule has 0 amide bonds. The lowest BCUT2D eigenvalue weighted by Gasteiger charge is -2.36. The highest BCUT2D eigenvalue weighted by atomic mass is 15.4. The SMILES string of the molecule is CC[N+]1(C)CCCNC1. The van der Waals surface area contributed by atoms with Crippen molar-refractivity contribution in [2.75, 3.05) is 33.4 Å². The van der Waals surface area contributed by atoms with Gasteiger partial charge in [0.1, 0.15) is 6.67 Å². The molecule has 1 atom stereocenters. The average molecular weight is 129 g/mol. The Balaban J connectivity index is 2.37. The molecule has 0 aromatic carbocycles. The van der Waals surface area contributed by atoms with E-state index in [0.717, 1.165) is 6.67 Å². The molecule has 0 saturated carbocycles. The number of rotatable bonds is 1. The summed E-state index contributed by atoms with van der Waals surface area (Å²) in [5.74, 6) is 0. The van der Waals surface area contributed by atoms with Gasteiger partial charge in [0.15, 0.2) is 0 Å². The zero-order chi connectivity index (χ0) is 6.74. The van der Waals surface area contributed by atoms with Gasteiger partial charge in [-0.2, -0.15) is 0 Å². The predicted molar refractivity (Wildman–Crippen MR) is 39.1 cm³/mol. The molecule has 0 aliphatic carbocycles. The van der Waals surface area contributed by atoms with Crippen LogP contribution in [0.5, 0.6) is 0 Å². The molecule has 54 valence electrons. The van der Waals surface area contributed by atoms with Gasteiger partial charge in [0.05, 0.1) is 20.1 Å². The molecule has 9 heavy (non-hydrogen) atoms. The normalized spacial score (nSPS) is 36.7. The van der Waals surface area contributed by atoms with Gasteiger partial charge >= 0.3 is 0 Å². The minimum Gasteiger partial charge on any atom is -0.314 e. The van der Waals surface area contributed by atoms with Crippen LogP contribution in [0.2, 0.25) is 0 Å². The highest BCUT2D eigenvalue weighted by molar-refractivity contribution is 4.49. The van der Waals surface area contributed by atoms with Crippen LogP contribution in [0.25, 0.3) is 0 Å². The van der Waals surface area contributed by atoms with Crippen LogP contribution >= 0.6 is 0 Å². The van der Waals surface area contributed by atoms with Crippen molar-refractivity contribution in [3.8, 4) is 0 Å². The third kappa shape index (κ3) is 1.66.